The second-order valence-corrected chi connectivity index (χ2v) is 5.38. The Balaban J connectivity index is 2.60. The summed E-state index contributed by atoms with van der Waals surface area (Å²) in [5.74, 6) is 0.906. The highest BCUT2D eigenvalue weighted by molar-refractivity contribution is 5.28. The van der Waals surface area contributed by atoms with Gasteiger partial charge in [-0.05, 0) is 44.5 Å². The molecule has 2 atom stereocenters. The van der Waals surface area contributed by atoms with E-state index >= 15 is 0 Å². The molecule has 1 rings (SSSR count). The highest BCUT2D eigenvalue weighted by atomic mass is 16.5. The van der Waals surface area contributed by atoms with Gasteiger partial charge < -0.3 is 15.2 Å². The van der Waals surface area contributed by atoms with Crippen molar-refractivity contribution >= 4 is 0 Å². The average molecular weight is 265 g/mol. The minimum atomic E-state index is -0.281. The molecule has 3 heteroatoms. The van der Waals surface area contributed by atoms with Gasteiger partial charge in [-0.15, -0.1) is 0 Å². The molecule has 0 aliphatic heterocycles. The molecular formula is C16H27NO2. The topological polar surface area (TPSA) is 41.5 Å². The van der Waals surface area contributed by atoms with Crippen molar-refractivity contribution in [2.45, 2.75) is 52.2 Å². The number of ether oxygens (including phenoxy) is 1. The molecule has 0 heterocycles. The quantitative estimate of drug-likeness (QED) is 0.759. The third kappa shape index (κ3) is 5.21. The van der Waals surface area contributed by atoms with Gasteiger partial charge in [-0.25, -0.2) is 0 Å². The first-order chi connectivity index (χ1) is 9.03. The molecule has 0 aliphatic carbocycles. The predicted octanol–water partition coefficient (Wildman–Crippen LogP) is 2.77. The van der Waals surface area contributed by atoms with Gasteiger partial charge in [-0.2, -0.15) is 0 Å². The van der Waals surface area contributed by atoms with Crippen molar-refractivity contribution in [1.82, 2.24) is 5.32 Å². The van der Waals surface area contributed by atoms with E-state index in [0.717, 1.165) is 25.1 Å². The van der Waals surface area contributed by atoms with Crippen LogP contribution in [-0.4, -0.2) is 29.9 Å². The normalized spacial score (nSPS) is 15.8. The number of hydrogen-bond acceptors (Lipinski definition) is 3. The van der Waals surface area contributed by atoms with Crippen LogP contribution in [0.1, 0.15) is 39.7 Å². The van der Waals surface area contributed by atoms with E-state index in [9.17, 15) is 5.11 Å². The van der Waals surface area contributed by atoms with Crippen molar-refractivity contribution in [3.8, 4) is 5.75 Å². The van der Waals surface area contributed by atoms with Crippen molar-refractivity contribution in [3.05, 3.63) is 29.8 Å². The molecule has 0 radical (unpaired) electrons. The first kappa shape index (κ1) is 16.0. The van der Waals surface area contributed by atoms with Gasteiger partial charge in [-0.3, -0.25) is 0 Å². The van der Waals surface area contributed by atoms with E-state index in [0.29, 0.717) is 0 Å². The summed E-state index contributed by atoms with van der Waals surface area (Å²) in [4.78, 5) is 0. The highest BCUT2D eigenvalue weighted by Gasteiger charge is 2.25. The summed E-state index contributed by atoms with van der Waals surface area (Å²) in [7, 11) is 0. The van der Waals surface area contributed by atoms with Crippen LogP contribution in [0.5, 0.6) is 5.75 Å². The number of benzene rings is 1. The zero-order chi connectivity index (χ0) is 14.3. The SMILES string of the molecule is CCNC(C)(CO)CC(C)Oc1cccc(CC)c1. The van der Waals surface area contributed by atoms with E-state index in [1.165, 1.54) is 5.56 Å². The van der Waals surface area contributed by atoms with Gasteiger partial charge in [0.25, 0.3) is 0 Å². The Hall–Kier alpha value is -1.06. The fourth-order valence-corrected chi connectivity index (χ4v) is 2.37. The van der Waals surface area contributed by atoms with Crippen molar-refractivity contribution in [2.24, 2.45) is 0 Å². The minimum absolute atomic E-state index is 0.0586. The smallest absolute Gasteiger partial charge is 0.119 e. The van der Waals surface area contributed by atoms with E-state index in [1.54, 1.807) is 0 Å². The fourth-order valence-electron chi connectivity index (χ4n) is 2.37. The minimum Gasteiger partial charge on any atom is -0.491 e. The van der Waals surface area contributed by atoms with E-state index in [4.69, 9.17) is 4.74 Å². The Morgan fingerprint density at radius 3 is 2.68 bits per heavy atom. The second-order valence-electron chi connectivity index (χ2n) is 5.38. The third-order valence-corrected chi connectivity index (χ3v) is 3.33. The lowest BCUT2D eigenvalue weighted by Crippen LogP contribution is -2.48. The lowest BCUT2D eigenvalue weighted by molar-refractivity contribution is 0.111. The largest absolute Gasteiger partial charge is 0.491 e. The molecule has 108 valence electrons. The third-order valence-electron chi connectivity index (χ3n) is 3.33. The second kappa shape index (κ2) is 7.51. The molecule has 0 spiro atoms. The Bertz CT molecular complexity index is 381. The molecule has 0 bridgehead atoms. The van der Waals surface area contributed by atoms with Crippen LogP contribution in [-0.2, 0) is 6.42 Å². The van der Waals surface area contributed by atoms with Gasteiger partial charge in [0, 0.05) is 12.0 Å². The summed E-state index contributed by atoms with van der Waals surface area (Å²) in [5.41, 5.74) is 0.998. The summed E-state index contributed by atoms with van der Waals surface area (Å²) in [6, 6.07) is 8.20. The molecule has 0 fully saturated rings. The van der Waals surface area contributed by atoms with E-state index in [-0.39, 0.29) is 18.2 Å². The molecule has 0 saturated carbocycles. The average Bonchev–Trinajstić information content (AvgIpc) is 2.39. The molecule has 2 unspecified atom stereocenters. The van der Waals surface area contributed by atoms with Crippen LogP contribution in [0, 0.1) is 0 Å². The van der Waals surface area contributed by atoms with Gasteiger partial charge in [0.2, 0.25) is 0 Å². The number of nitrogens with one attached hydrogen (secondary N) is 1. The first-order valence-electron chi connectivity index (χ1n) is 7.14. The van der Waals surface area contributed by atoms with E-state index in [2.05, 4.69) is 24.4 Å². The fraction of sp³-hybridized carbons (Fsp3) is 0.625. The summed E-state index contributed by atoms with van der Waals surface area (Å²) in [6.45, 7) is 9.21. The Kier molecular flexibility index (Phi) is 6.32. The van der Waals surface area contributed by atoms with Crippen molar-refractivity contribution in [2.75, 3.05) is 13.2 Å². The van der Waals surface area contributed by atoms with Crippen LogP contribution < -0.4 is 10.1 Å². The predicted molar refractivity (Wildman–Crippen MR) is 79.7 cm³/mol. The number of hydrogen-bond donors (Lipinski definition) is 2. The summed E-state index contributed by atoms with van der Waals surface area (Å²) in [6.07, 6.45) is 1.84. The van der Waals surface area contributed by atoms with Crippen LogP contribution in [0.15, 0.2) is 24.3 Å². The van der Waals surface area contributed by atoms with Crippen LogP contribution >= 0.6 is 0 Å². The maximum atomic E-state index is 9.50. The van der Waals surface area contributed by atoms with E-state index < -0.39 is 0 Å². The lowest BCUT2D eigenvalue weighted by atomic mass is 9.95. The molecule has 3 nitrogen and oxygen atoms in total. The zero-order valence-corrected chi connectivity index (χ0v) is 12.6. The van der Waals surface area contributed by atoms with Crippen LogP contribution in [0.4, 0.5) is 0 Å². The summed E-state index contributed by atoms with van der Waals surface area (Å²) >= 11 is 0. The van der Waals surface area contributed by atoms with Crippen LogP contribution in [0.2, 0.25) is 0 Å². The van der Waals surface area contributed by atoms with Crippen LogP contribution in [0.3, 0.4) is 0 Å². The standard InChI is InChI=1S/C16H27NO2/c1-5-14-8-7-9-15(10-14)19-13(3)11-16(4,12-18)17-6-2/h7-10,13,17-18H,5-6,11-12H2,1-4H3. The molecule has 0 aliphatic rings. The summed E-state index contributed by atoms with van der Waals surface area (Å²) < 4.78 is 5.95. The Labute approximate surface area is 117 Å². The molecule has 0 saturated heterocycles. The maximum Gasteiger partial charge on any atom is 0.119 e. The molecule has 2 N–H and O–H groups in total. The first-order valence-corrected chi connectivity index (χ1v) is 7.14. The molecule has 0 amide bonds. The van der Waals surface area contributed by atoms with E-state index in [1.807, 2.05) is 32.9 Å². The van der Waals surface area contributed by atoms with Gasteiger partial charge >= 0.3 is 0 Å². The van der Waals surface area contributed by atoms with Gasteiger partial charge in [0.05, 0.1) is 12.7 Å². The number of aliphatic hydroxyl groups excluding tert-OH is 1. The van der Waals surface area contributed by atoms with Crippen molar-refractivity contribution in [3.63, 3.8) is 0 Å². The molecule has 1 aromatic carbocycles. The van der Waals surface area contributed by atoms with Crippen molar-refractivity contribution < 1.29 is 9.84 Å². The van der Waals surface area contributed by atoms with Crippen molar-refractivity contribution in [1.29, 1.82) is 0 Å². The van der Waals surface area contributed by atoms with Gasteiger partial charge in [-0.1, -0.05) is 26.0 Å². The number of rotatable bonds is 8. The zero-order valence-electron chi connectivity index (χ0n) is 12.6. The lowest BCUT2D eigenvalue weighted by Gasteiger charge is -2.31. The monoisotopic (exact) mass is 265 g/mol. The summed E-state index contributed by atoms with van der Waals surface area (Å²) in [5, 5.41) is 12.8. The molecule has 0 aromatic heterocycles. The molecule has 19 heavy (non-hydrogen) atoms. The number of likely N-dealkylation sites (N-methyl/N-ethyl adjacent to an activating group) is 1. The van der Waals surface area contributed by atoms with Crippen LogP contribution in [0.25, 0.3) is 0 Å². The van der Waals surface area contributed by atoms with Gasteiger partial charge in [0.1, 0.15) is 5.75 Å². The van der Waals surface area contributed by atoms with Gasteiger partial charge in [0.15, 0.2) is 0 Å². The highest BCUT2D eigenvalue weighted by Crippen LogP contribution is 2.19. The number of aryl methyl sites for hydroxylation is 1. The number of aliphatic hydroxyl groups is 1. The Morgan fingerprint density at radius 2 is 2.11 bits per heavy atom. The Morgan fingerprint density at radius 1 is 1.37 bits per heavy atom. The maximum absolute atomic E-state index is 9.50. The molecule has 1 aromatic rings. The molecular weight excluding hydrogens is 238 g/mol.